The third-order valence-electron chi connectivity index (χ3n) is 4.47. The number of benzene rings is 1. The van der Waals surface area contributed by atoms with Gasteiger partial charge in [-0.25, -0.2) is 9.18 Å². The van der Waals surface area contributed by atoms with E-state index in [4.69, 9.17) is 4.74 Å². The quantitative estimate of drug-likeness (QED) is 0.822. The van der Waals surface area contributed by atoms with E-state index >= 15 is 0 Å². The van der Waals surface area contributed by atoms with Gasteiger partial charge in [-0.05, 0) is 44.0 Å². The van der Waals surface area contributed by atoms with Gasteiger partial charge in [-0.15, -0.1) is 0 Å². The van der Waals surface area contributed by atoms with E-state index in [0.29, 0.717) is 30.9 Å². The second kappa shape index (κ2) is 9.16. The number of rotatable bonds is 5. The second-order valence-electron chi connectivity index (χ2n) is 6.53. The van der Waals surface area contributed by atoms with Crippen molar-refractivity contribution in [3.05, 3.63) is 54.1 Å². The summed E-state index contributed by atoms with van der Waals surface area (Å²) in [4.78, 5) is 30.0. The summed E-state index contributed by atoms with van der Waals surface area (Å²) < 4.78 is 18.3. The lowest BCUT2D eigenvalue weighted by molar-refractivity contribution is 0.0981. The molecule has 1 aliphatic rings. The SMILES string of the molecule is CCOC(=O)N1CCC(Nc2cncc(C(=O)Nc3cccc(F)c3)c2)CC1. The molecule has 0 unspecified atom stereocenters. The van der Waals surface area contributed by atoms with E-state index in [-0.39, 0.29) is 18.0 Å². The maximum Gasteiger partial charge on any atom is 0.409 e. The predicted octanol–water partition coefficient (Wildman–Crippen LogP) is 3.51. The number of halogens is 1. The van der Waals surface area contributed by atoms with Crippen LogP contribution >= 0.6 is 0 Å². The molecule has 1 aliphatic heterocycles. The van der Waals surface area contributed by atoms with Crippen molar-refractivity contribution in [3.8, 4) is 0 Å². The largest absolute Gasteiger partial charge is 0.450 e. The molecule has 148 valence electrons. The Kier molecular flexibility index (Phi) is 6.41. The lowest BCUT2D eigenvalue weighted by Gasteiger charge is -2.32. The lowest BCUT2D eigenvalue weighted by atomic mass is 10.1. The number of piperidine rings is 1. The first-order valence-electron chi connectivity index (χ1n) is 9.25. The average molecular weight is 386 g/mol. The molecule has 7 nitrogen and oxygen atoms in total. The van der Waals surface area contributed by atoms with Crippen LogP contribution in [0.15, 0.2) is 42.7 Å². The number of nitrogens with zero attached hydrogens (tertiary/aromatic N) is 2. The number of pyridine rings is 1. The highest BCUT2D eigenvalue weighted by Crippen LogP contribution is 2.18. The first-order chi connectivity index (χ1) is 13.5. The minimum Gasteiger partial charge on any atom is -0.450 e. The third-order valence-corrected chi connectivity index (χ3v) is 4.47. The van der Waals surface area contributed by atoms with Crippen LogP contribution in [0.1, 0.15) is 30.1 Å². The Bertz CT molecular complexity index is 838. The van der Waals surface area contributed by atoms with Crippen molar-refractivity contribution in [2.24, 2.45) is 0 Å². The van der Waals surface area contributed by atoms with Gasteiger partial charge in [0.1, 0.15) is 5.82 Å². The zero-order valence-corrected chi connectivity index (χ0v) is 15.7. The minimum atomic E-state index is -0.416. The van der Waals surface area contributed by atoms with Crippen molar-refractivity contribution in [3.63, 3.8) is 0 Å². The monoisotopic (exact) mass is 386 g/mol. The predicted molar refractivity (Wildman–Crippen MR) is 104 cm³/mol. The van der Waals surface area contributed by atoms with Crippen LogP contribution in [-0.4, -0.2) is 47.6 Å². The van der Waals surface area contributed by atoms with E-state index in [1.807, 2.05) is 0 Å². The number of hydrogen-bond acceptors (Lipinski definition) is 5. The standard InChI is InChI=1S/C20H23FN4O3/c1-2-28-20(27)25-8-6-16(7-9-25)23-18-10-14(12-22-13-18)19(26)24-17-5-3-4-15(21)11-17/h3-5,10-13,16,23H,2,6-9H2,1H3,(H,24,26). The average Bonchev–Trinajstić information content (AvgIpc) is 2.69. The molecule has 2 N–H and O–H groups in total. The van der Waals surface area contributed by atoms with Gasteiger partial charge in [0.15, 0.2) is 0 Å². The highest BCUT2D eigenvalue weighted by molar-refractivity contribution is 6.04. The van der Waals surface area contributed by atoms with Gasteiger partial charge in [0.2, 0.25) is 0 Å². The Morgan fingerprint density at radius 1 is 1.21 bits per heavy atom. The Morgan fingerprint density at radius 3 is 2.71 bits per heavy atom. The molecule has 0 saturated carbocycles. The van der Waals surface area contributed by atoms with Crippen LogP contribution in [0, 0.1) is 5.82 Å². The number of anilines is 2. The van der Waals surface area contributed by atoms with E-state index in [9.17, 15) is 14.0 Å². The van der Waals surface area contributed by atoms with Gasteiger partial charge in [0.25, 0.3) is 5.91 Å². The van der Waals surface area contributed by atoms with E-state index in [2.05, 4.69) is 15.6 Å². The number of aromatic nitrogens is 1. The Labute approximate surface area is 162 Å². The molecule has 0 radical (unpaired) electrons. The summed E-state index contributed by atoms with van der Waals surface area (Å²) >= 11 is 0. The van der Waals surface area contributed by atoms with Gasteiger partial charge in [-0.1, -0.05) is 6.07 Å². The molecule has 1 saturated heterocycles. The topological polar surface area (TPSA) is 83.6 Å². The van der Waals surface area contributed by atoms with Crippen LogP contribution in [0.4, 0.5) is 20.6 Å². The fourth-order valence-electron chi connectivity index (χ4n) is 3.07. The number of carbonyl (C=O) groups excluding carboxylic acids is 2. The van der Waals surface area contributed by atoms with Gasteiger partial charge >= 0.3 is 6.09 Å². The van der Waals surface area contributed by atoms with Crippen molar-refractivity contribution in [2.45, 2.75) is 25.8 Å². The third kappa shape index (κ3) is 5.18. The molecule has 1 aromatic carbocycles. The van der Waals surface area contributed by atoms with Crippen molar-refractivity contribution >= 4 is 23.4 Å². The Balaban J connectivity index is 1.56. The molecule has 2 heterocycles. The maximum atomic E-state index is 13.3. The smallest absolute Gasteiger partial charge is 0.409 e. The molecule has 0 spiro atoms. The summed E-state index contributed by atoms with van der Waals surface area (Å²) in [5.74, 6) is -0.778. The van der Waals surface area contributed by atoms with Gasteiger partial charge < -0.3 is 20.3 Å². The second-order valence-corrected chi connectivity index (χ2v) is 6.53. The maximum absolute atomic E-state index is 13.3. The summed E-state index contributed by atoms with van der Waals surface area (Å²) in [5.41, 5.74) is 1.48. The molecule has 0 bridgehead atoms. The van der Waals surface area contributed by atoms with E-state index in [0.717, 1.165) is 18.5 Å². The molecule has 0 aliphatic carbocycles. The van der Waals surface area contributed by atoms with Gasteiger partial charge in [0, 0.05) is 37.2 Å². The summed E-state index contributed by atoms with van der Waals surface area (Å²) in [7, 11) is 0. The summed E-state index contributed by atoms with van der Waals surface area (Å²) in [6.07, 6.45) is 4.38. The molecule has 2 amide bonds. The van der Waals surface area contributed by atoms with Crippen LogP contribution in [0.2, 0.25) is 0 Å². The molecule has 1 aromatic heterocycles. The van der Waals surface area contributed by atoms with Gasteiger partial charge in [-0.2, -0.15) is 0 Å². The molecule has 0 atom stereocenters. The zero-order chi connectivity index (χ0) is 19.9. The fraction of sp³-hybridized carbons (Fsp3) is 0.350. The van der Waals surface area contributed by atoms with Crippen LogP contribution in [0.3, 0.4) is 0 Å². The summed E-state index contributed by atoms with van der Waals surface area (Å²) in [6.45, 7) is 3.39. The molecular weight excluding hydrogens is 363 g/mol. The molecule has 1 fully saturated rings. The molecule has 3 rings (SSSR count). The fourth-order valence-corrected chi connectivity index (χ4v) is 3.07. The van der Waals surface area contributed by atoms with E-state index < -0.39 is 5.82 Å². The molecule has 2 aromatic rings. The van der Waals surface area contributed by atoms with E-state index in [1.54, 1.807) is 30.2 Å². The Morgan fingerprint density at radius 2 is 2.00 bits per heavy atom. The number of nitrogens with one attached hydrogen (secondary N) is 2. The molecule has 28 heavy (non-hydrogen) atoms. The first-order valence-corrected chi connectivity index (χ1v) is 9.25. The van der Waals surface area contributed by atoms with Crippen LogP contribution in [0.25, 0.3) is 0 Å². The zero-order valence-electron chi connectivity index (χ0n) is 15.7. The number of likely N-dealkylation sites (tertiary alicyclic amines) is 1. The minimum absolute atomic E-state index is 0.175. The number of amides is 2. The van der Waals surface area contributed by atoms with Crippen LogP contribution in [-0.2, 0) is 4.74 Å². The molecular formula is C20H23FN4O3. The summed E-state index contributed by atoms with van der Waals surface area (Å²) in [6, 6.07) is 7.60. The first kappa shape index (κ1) is 19.6. The number of hydrogen-bond donors (Lipinski definition) is 2. The normalized spacial score (nSPS) is 14.4. The van der Waals surface area contributed by atoms with Gasteiger partial charge in [0.05, 0.1) is 17.9 Å². The van der Waals surface area contributed by atoms with Crippen LogP contribution < -0.4 is 10.6 Å². The van der Waals surface area contributed by atoms with E-state index in [1.165, 1.54) is 24.4 Å². The molecule has 8 heteroatoms. The highest BCUT2D eigenvalue weighted by atomic mass is 19.1. The van der Waals surface area contributed by atoms with Crippen molar-refractivity contribution in [1.82, 2.24) is 9.88 Å². The van der Waals surface area contributed by atoms with Crippen molar-refractivity contribution in [2.75, 3.05) is 30.3 Å². The van der Waals surface area contributed by atoms with Crippen molar-refractivity contribution in [1.29, 1.82) is 0 Å². The Hall–Kier alpha value is -3.16. The van der Waals surface area contributed by atoms with Crippen molar-refractivity contribution < 1.29 is 18.7 Å². The summed E-state index contributed by atoms with van der Waals surface area (Å²) in [5, 5.41) is 6.01. The van der Waals surface area contributed by atoms with Gasteiger partial charge in [-0.3, -0.25) is 9.78 Å². The highest BCUT2D eigenvalue weighted by Gasteiger charge is 2.23. The number of ether oxygens (including phenoxy) is 1. The number of carbonyl (C=O) groups is 2. The lowest BCUT2D eigenvalue weighted by Crippen LogP contribution is -2.42. The van der Waals surface area contributed by atoms with Crippen LogP contribution in [0.5, 0.6) is 0 Å².